The number of H-pyrrole nitrogens is 1. The maximum Gasteiger partial charge on any atom is 0.254 e. The number of nitrogens with zero attached hydrogens (tertiary/aromatic N) is 5. The molecule has 0 bridgehead atoms. The van der Waals surface area contributed by atoms with Gasteiger partial charge in [-0.15, -0.1) is 10.2 Å². The van der Waals surface area contributed by atoms with Crippen LogP contribution >= 0.6 is 0 Å². The maximum absolute atomic E-state index is 12.0. The number of fused-ring (bicyclic) bond motifs is 2. The van der Waals surface area contributed by atoms with Crippen LogP contribution in [0.25, 0.3) is 10.8 Å². The molecule has 0 radical (unpaired) electrons. The van der Waals surface area contributed by atoms with Crippen molar-refractivity contribution in [1.29, 1.82) is 0 Å². The highest BCUT2D eigenvalue weighted by Gasteiger charge is 2.24. The van der Waals surface area contributed by atoms with E-state index in [2.05, 4.69) is 54.2 Å². The van der Waals surface area contributed by atoms with Crippen LogP contribution in [0.5, 0.6) is 0 Å². The summed E-state index contributed by atoms with van der Waals surface area (Å²) in [4.78, 5) is 23.7. The molecule has 1 fully saturated rings. The zero-order valence-corrected chi connectivity index (χ0v) is 15.9. The molecule has 0 aliphatic carbocycles. The molecule has 5 rings (SSSR count). The maximum atomic E-state index is 12.0. The van der Waals surface area contributed by atoms with Gasteiger partial charge in [-0.3, -0.25) is 4.79 Å². The van der Waals surface area contributed by atoms with Crippen molar-refractivity contribution in [1.82, 2.24) is 20.2 Å². The first-order chi connectivity index (χ1) is 13.8. The van der Waals surface area contributed by atoms with E-state index in [1.807, 2.05) is 0 Å². The standard InChI is InChI=1S/C21H24N6O/c28-21-17-9-12-27(13-18(17)22-14-23-21)20-16-8-4-3-7-15(16)19(24-25-20)26-10-5-1-2-6-11-26/h3-4,7-8,14H,1-2,5-6,9-13H2,(H,22,23,28). The number of aromatic nitrogens is 4. The summed E-state index contributed by atoms with van der Waals surface area (Å²) in [6, 6.07) is 8.40. The van der Waals surface area contributed by atoms with E-state index < -0.39 is 0 Å². The molecule has 2 aliphatic heterocycles. The molecule has 0 spiro atoms. The topological polar surface area (TPSA) is 78.0 Å². The lowest BCUT2D eigenvalue weighted by molar-refractivity contribution is 0.683. The van der Waals surface area contributed by atoms with Crippen LogP contribution in [0.2, 0.25) is 0 Å². The first-order valence-electron chi connectivity index (χ1n) is 10.1. The van der Waals surface area contributed by atoms with E-state index in [9.17, 15) is 4.79 Å². The first-order valence-corrected chi connectivity index (χ1v) is 10.1. The van der Waals surface area contributed by atoms with Crippen molar-refractivity contribution in [3.05, 3.63) is 52.2 Å². The lowest BCUT2D eigenvalue weighted by Crippen LogP contribution is -2.36. The minimum absolute atomic E-state index is 0.0305. The molecule has 4 heterocycles. The fourth-order valence-electron chi connectivity index (χ4n) is 4.37. The summed E-state index contributed by atoms with van der Waals surface area (Å²) in [7, 11) is 0. The average Bonchev–Trinajstić information content (AvgIpc) is 3.02. The van der Waals surface area contributed by atoms with Gasteiger partial charge < -0.3 is 14.8 Å². The monoisotopic (exact) mass is 376 g/mol. The summed E-state index contributed by atoms with van der Waals surface area (Å²) < 4.78 is 0. The van der Waals surface area contributed by atoms with Crippen LogP contribution in [0.1, 0.15) is 36.9 Å². The van der Waals surface area contributed by atoms with Crippen LogP contribution in [-0.4, -0.2) is 39.8 Å². The third kappa shape index (κ3) is 3.00. The highest BCUT2D eigenvalue weighted by Crippen LogP contribution is 2.33. The predicted octanol–water partition coefficient (Wildman–Crippen LogP) is 2.66. The molecule has 1 aromatic carbocycles. The first kappa shape index (κ1) is 17.2. The third-order valence-electron chi connectivity index (χ3n) is 5.86. The molecule has 1 saturated heterocycles. The number of hydrogen-bond donors (Lipinski definition) is 1. The summed E-state index contributed by atoms with van der Waals surface area (Å²) in [5.74, 6) is 1.87. The minimum Gasteiger partial charge on any atom is -0.355 e. The van der Waals surface area contributed by atoms with Gasteiger partial charge in [-0.1, -0.05) is 37.1 Å². The molecule has 0 saturated carbocycles. The second-order valence-corrected chi connectivity index (χ2v) is 7.62. The van der Waals surface area contributed by atoms with E-state index in [1.165, 1.54) is 32.0 Å². The largest absolute Gasteiger partial charge is 0.355 e. The smallest absolute Gasteiger partial charge is 0.254 e. The molecular formula is C21H24N6O. The normalized spacial score (nSPS) is 17.4. The number of rotatable bonds is 2. The van der Waals surface area contributed by atoms with Gasteiger partial charge in [0.25, 0.3) is 5.56 Å². The molecule has 144 valence electrons. The van der Waals surface area contributed by atoms with Crippen LogP contribution < -0.4 is 15.4 Å². The number of nitrogens with one attached hydrogen (secondary N) is 1. The van der Waals surface area contributed by atoms with E-state index in [4.69, 9.17) is 0 Å². The van der Waals surface area contributed by atoms with Crippen LogP contribution in [-0.2, 0) is 13.0 Å². The van der Waals surface area contributed by atoms with E-state index in [0.29, 0.717) is 13.0 Å². The van der Waals surface area contributed by atoms with Crippen molar-refractivity contribution in [2.24, 2.45) is 0 Å². The van der Waals surface area contributed by atoms with Crippen LogP contribution in [0.15, 0.2) is 35.4 Å². The molecule has 2 aromatic heterocycles. The quantitative estimate of drug-likeness (QED) is 0.741. The highest BCUT2D eigenvalue weighted by molar-refractivity contribution is 5.99. The Balaban J connectivity index is 1.54. The zero-order chi connectivity index (χ0) is 18.9. The molecule has 7 nitrogen and oxygen atoms in total. The van der Waals surface area contributed by atoms with E-state index in [-0.39, 0.29) is 5.56 Å². The Bertz CT molecular complexity index is 1050. The molecule has 0 amide bonds. The van der Waals surface area contributed by atoms with Gasteiger partial charge in [0, 0.05) is 36.0 Å². The van der Waals surface area contributed by atoms with Gasteiger partial charge in [-0.2, -0.15) is 0 Å². The van der Waals surface area contributed by atoms with Crippen molar-refractivity contribution in [3.63, 3.8) is 0 Å². The van der Waals surface area contributed by atoms with Gasteiger partial charge in [-0.05, 0) is 19.3 Å². The van der Waals surface area contributed by atoms with Crippen LogP contribution in [0.4, 0.5) is 11.6 Å². The van der Waals surface area contributed by atoms with Gasteiger partial charge in [0.1, 0.15) is 0 Å². The molecule has 0 unspecified atom stereocenters. The molecular weight excluding hydrogens is 352 g/mol. The summed E-state index contributed by atoms with van der Waals surface area (Å²) in [6.45, 7) is 3.41. The Hall–Kier alpha value is -2.96. The lowest BCUT2D eigenvalue weighted by atomic mass is 10.1. The van der Waals surface area contributed by atoms with Gasteiger partial charge >= 0.3 is 0 Å². The third-order valence-corrected chi connectivity index (χ3v) is 5.86. The highest BCUT2D eigenvalue weighted by atomic mass is 16.1. The summed E-state index contributed by atoms with van der Waals surface area (Å²) in [5, 5.41) is 11.6. The summed E-state index contributed by atoms with van der Waals surface area (Å²) in [5.41, 5.74) is 1.59. The molecule has 1 N–H and O–H groups in total. The van der Waals surface area contributed by atoms with Crippen LogP contribution in [0.3, 0.4) is 0 Å². The van der Waals surface area contributed by atoms with E-state index >= 15 is 0 Å². The Morgan fingerprint density at radius 1 is 0.857 bits per heavy atom. The molecule has 7 heteroatoms. The van der Waals surface area contributed by atoms with Crippen molar-refractivity contribution in [2.75, 3.05) is 29.4 Å². The molecule has 28 heavy (non-hydrogen) atoms. The van der Waals surface area contributed by atoms with Gasteiger partial charge in [0.2, 0.25) is 0 Å². The van der Waals surface area contributed by atoms with Gasteiger partial charge in [-0.25, -0.2) is 4.98 Å². The number of aromatic amines is 1. The Labute approximate surface area is 163 Å². The van der Waals surface area contributed by atoms with Crippen molar-refractivity contribution in [3.8, 4) is 0 Å². The Morgan fingerprint density at radius 2 is 1.54 bits per heavy atom. The number of hydrogen-bond acceptors (Lipinski definition) is 6. The molecule has 0 atom stereocenters. The number of benzene rings is 1. The van der Waals surface area contributed by atoms with E-state index in [1.54, 1.807) is 0 Å². The van der Waals surface area contributed by atoms with Crippen LogP contribution in [0, 0.1) is 0 Å². The van der Waals surface area contributed by atoms with Crippen molar-refractivity contribution < 1.29 is 0 Å². The predicted molar refractivity (Wildman–Crippen MR) is 110 cm³/mol. The fourth-order valence-corrected chi connectivity index (χ4v) is 4.37. The minimum atomic E-state index is -0.0305. The second kappa shape index (κ2) is 7.22. The second-order valence-electron chi connectivity index (χ2n) is 7.62. The summed E-state index contributed by atoms with van der Waals surface area (Å²) >= 11 is 0. The van der Waals surface area contributed by atoms with E-state index in [0.717, 1.165) is 53.3 Å². The summed E-state index contributed by atoms with van der Waals surface area (Å²) in [6.07, 6.45) is 7.15. The fraction of sp³-hybridized carbons (Fsp3) is 0.429. The average molecular weight is 376 g/mol. The van der Waals surface area contributed by atoms with Gasteiger partial charge in [0.15, 0.2) is 11.6 Å². The van der Waals surface area contributed by atoms with Crippen molar-refractivity contribution >= 4 is 22.4 Å². The lowest BCUT2D eigenvalue weighted by Gasteiger charge is -2.30. The number of anilines is 2. The Morgan fingerprint density at radius 3 is 2.25 bits per heavy atom. The Kier molecular flexibility index (Phi) is 4.43. The van der Waals surface area contributed by atoms with Gasteiger partial charge in [0.05, 0.1) is 18.6 Å². The molecule has 3 aromatic rings. The SMILES string of the molecule is O=c1[nH]cnc2c1CCN(c1nnc(N3CCCCCC3)c3ccccc13)C2. The van der Waals surface area contributed by atoms with Crippen molar-refractivity contribution in [2.45, 2.75) is 38.6 Å². The zero-order valence-electron chi connectivity index (χ0n) is 15.9. The molecule has 2 aliphatic rings.